The van der Waals surface area contributed by atoms with E-state index in [4.69, 9.17) is 9.47 Å². The fraction of sp³-hybridized carbons (Fsp3) is 0.500. The summed E-state index contributed by atoms with van der Waals surface area (Å²) in [5.41, 5.74) is 2.84. The Hall–Kier alpha value is -1.39. The molecule has 1 aromatic carbocycles. The van der Waals surface area contributed by atoms with Gasteiger partial charge in [-0.3, -0.25) is 4.79 Å². The Bertz CT molecular complexity index is 451. The summed E-state index contributed by atoms with van der Waals surface area (Å²) in [7, 11) is 1.59. The van der Waals surface area contributed by atoms with Gasteiger partial charge in [0.2, 0.25) is 0 Å². The van der Waals surface area contributed by atoms with Crippen molar-refractivity contribution in [2.75, 3.05) is 26.9 Å². The Balaban J connectivity index is 2.31. The fourth-order valence-corrected chi connectivity index (χ4v) is 2.07. The van der Waals surface area contributed by atoms with Crippen molar-refractivity contribution in [2.45, 2.75) is 19.9 Å². The van der Waals surface area contributed by atoms with Crippen LogP contribution < -0.4 is 10.1 Å². The molecule has 0 spiro atoms. The van der Waals surface area contributed by atoms with Crippen molar-refractivity contribution in [1.29, 1.82) is 0 Å². The molecule has 0 bridgehead atoms. The van der Waals surface area contributed by atoms with Crippen LogP contribution in [0.1, 0.15) is 21.5 Å². The van der Waals surface area contributed by atoms with Crippen molar-refractivity contribution in [3.8, 4) is 5.75 Å². The van der Waals surface area contributed by atoms with E-state index in [1.165, 1.54) is 0 Å². The van der Waals surface area contributed by atoms with E-state index in [9.17, 15) is 4.79 Å². The Morgan fingerprint density at radius 2 is 2.11 bits per heavy atom. The Morgan fingerprint density at radius 3 is 2.72 bits per heavy atom. The lowest BCUT2D eigenvalue weighted by atomic mass is 9.98. The van der Waals surface area contributed by atoms with Gasteiger partial charge in [0.1, 0.15) is 5.75 Å². The molecule has 0 aromatic heterocycles. The molecule has 0 amide bonds. The maximum absolute atomic E-state index is 12.4. The molecule has 1 heterocycles. The highest BCUT2D eigenvalue weighted by atomic mass is 16.5. The van der Waals surface area contributed by atoms with Crippen LogP contribution in [-0.2, 0) is 4.74 Å². The van der Waals surface area contributed by atoms with E-state index in [2.05, 4.69) is 5.32 Å². The van der Waals surface area contributed by atoms with Crippen LogP contribution >= 0.6 is 0 Å². The minimum absolute atomic E-state index is 0.0367. The van der Waals surface area contributed by atoms with Crippen molar-refractivity contribution in [2.24, 2.45) is 0 Å². The number of aryl methyl sites for hydroxylation is 2. The van der Waals surface area contributed by atoms with Gasteiger partial charge >= 0.3 is 0 Å². The summed E-state index contributed by atoms with van der Waals surface area (Å²) in [4.78, 5) is 12.4. The molecule has 1 fully saturated rings. The quantitative estimate of drug-likeness (QED) is 0.824. The summed E-state index contributed by atoms with van der Waals surface area (Å²) < 4.78 is 10.6. The molecule has 1 aromatic rings. The number of hydrogen-bond acceptors (Lipinski definition) is 4. The van der Waals surface area contributed by atoms with Crippen molar-refractivity contribution in [1.82, 2.24) is 5.32 Å². The van der Waals surface area contributed by atoms with Crippen LogP contribution in [0.4, 0.5) is 0 Å². The zero-order valence-electron chi connectivity index (χ0n) is 11.1. The van der Waals surface area contributed by atoms with Gasteiger partial charge in [-0.15, -0.1) is 0 Å². The third-order valence-corrected chi connectivity index (χ3v) is 3.32. The van der Waals surface area contributed by atoms with Gasteiger partial charge in [0.15, 0.2) is 5.78 Å². The zero-order chi connectivity index (χ0) is 13.1. The maximum Gasteiger partial charge on any atom is 0.185 e. The highest BCUT2D eigenvalue weighted by Gasteiger charge is 2.25. The molecule has 0 aliphatic carbocycles. The van der Waals surface area contributed by atoms with E-state index < -0.39 is 0 Å². The molecular weight excluding hydrogens is 230 g/mol. The van der Waals surface area contributed by atoms with E-state index >= 15 is 0 Å². The Kier molecular flexibility index (Phi) is 3.99. The minimum Gasteiger partial charge on any atom is -0.496 e. The van der Waals surface area contributed by atoms with Crippen LogP contribution in [0.25, 0.3) is 0 Å². The van der Waals surface area contributed by atoms with E-state index in [0.717, 1.165) is 11.1 Å². The average Bonchev–Trinajstić information content (AvgIpc) is 2.41. The number of benzene rings is 1. The number of carbonyl (C=O) groups is 1. The van der Waals surface area contributed by atoms with Crippen LogP contribution in [0, 0.1) is 13.8 Å². The monoisotopic (exact) mass is 249 g/mol. The topological polar surface area (TPSA) is 47.6 Å². The number of Topliss-reactive ketones (excluding diaryl/α,β-unsaturated/α-hetero) is 1. The molecule has 0 radical (unpaired) electrons. The van der Waals surface area contributed by atoms with Gasteiger partial charge in [0.05, 0.1) is 31.9 Å². The number of carbonyl (C=O) groups excluding carboxylic acids is 1. The smallest absolute Gasteiger partial charge is 0.185 e. The molecule has 98 valence electrons. The molecule has 4 nitrogen and oxygen atoms in total. The summed E-state index contributed by atoms with van der Waals surface area (Å²) in [5.74, 6) is 0.671. The molecule has 18 heavy (non-hydrogen) atoms. The number of morpholine rings is 1. The van der Waals surface area contributed by atoms with Gasteiger partial charge < -0.3 is 14.8 Å². The van der Waals surface area contributed by atoms with Gasteiger partial charge in [-0.1, -0.05) is 0 Å². The molecule has 4 heteroatoms. The molecule has 1 N–H and O–H groups in total. The summed E-state index contributed by atoms with van der Waals surface area (Å²) in [6, 6.07) is 3.54. The van der Waals surface area contributed by atoms with E-state index in [1.807, 2.05) is 26.0 Å². The van der Waals surface area contributed by atoms with Crippen LogP contribution in [0.2, 0.25) is 0 Å². The van der Waals surface area contributed by atoms with Gasteiger partial charge in [0.25, 0.3) is 0 Å². The molecular formula is C14H19NO3. The summed E-state index contributed by atoms with van der Waals surface area (Å²) in [6.07, 6.45) is 0. The molecule has 2 rings (SSSR count). The third-order valence-electron chi connectivity index (χ3n) is 3.32. The van der Waals surface area contributed by atoms with E-state index in [0.29, 0.717) is 31.1 Å². The number of ether oxygens (including phenoxy) is 2. The van der Waals surface area contributed by atoms with Crippen molar-refractivity contribution < 1.29 is 14.3 Å². The standard InChI is InChI=1S/C14H19NO3/c1-9-6-11(13(17-3)7-10(9)2)14(16)12-8-18-5-4-15-12/h6-7,12,15H,4-5,8H2,1-3H3. The van der Waals surface area contributed by atoms with Gasteiger partial charge in [-0.25, -0.2) is 0 Å². The summed E-state index contributed by atoms with van der Waals surface area (Å²) in [6.45, 7) is 5.80. The predicted molar refractivity (Wildman–Crippen MR) is 69.4 cm³/mol. The van der Waals surface area contributed by atoms with Gasteiger partial charge in [-0.2, -0.15) is 0 Å². The first-order valence-corrected chi connectivity index (χ1v) is 6.14. The molecule has 1 aliphatic heterocycles. The molecule has 1 unspecified atom stereocenters. The van der Waals surface area contributed by atoms with Crippen molar-refractivity contribution >= 4 is 5.78 Å². The predicted octanol–water partition coefficient (Wildman–Crippen LogP) is 1.48. The van der Waals surface area contributed by atoms with Crippen molar-refractivity contribution in [3.05, 3.63) is 28.8 Å². The lowest BCUT2D eigenvalue weighted by molar-refractivity contribution is 0.0605. The summed E-state index contributed by atoms with van der Waals surface area (Å²) in [5, 5.41) is 3.17. The molecule has 1 atom stereocenters. The van der Waals surface area contributed by atoms with E-state index in [-0.39, 0.29) is 11.8 Å². The van der Waals surface area contributed by atoms with Crippen LogP contribution in [0.15, 0.2) is 12.1 Å². The molecule has 1 saturated heterocycles. The SMILES string of the molecule is COc1cc(C)c(C)cc1C(=O)C1COCCN1. The third kappa shape index (κ3) is 2.54. The Labute approximate surface area is 107 Å². The fourth-order valence-electron chi connectivity index (χ4n) is 2.07. The first-order valence-electron chi connectivity index (χ1n) is 6.14. The minimum atomic E-state index is -0.269. The second-order valence-corrected chi connectivity index (χ2v) is 4.58. The van der Waals surface area contributed by atoms with Gasteiger partial charge in [-0.05, 0) is 37.1 Å². The first-order chi connectivity index (χ1) is 8.63. The number of rotatable bonds is 3. The Morgan fingerprint density at radius 1 is 1.39 bits per heavy atom. The normalized spacial score (nSPS) is 19.6. The first kappa shape index (κ1) is 13.1. The zero-order valence-corrected chi connectivity index (χ0v) is 11.1. The second-order valence-electron chi connectivity index (χ2n) is 4.58. The number of hydrogen-bond donors (Lipinski definition) is 1. The van der Waals surface area contributed by atoms with Gasteiger partial charge in [0, 0.05) is 6.54 Å². The van der Waals surface area contributed by atoms with Crippen LogP contribution in [-0.4, -0.2) is 38.7 Å². The molecule has 0 saturated carbocycles. The second kappa shape index (κ2) is 5.50. The lowest BCUT2D eigenvalue weighted by Crippen LogP contribution is -2.46. The lowest BCUT2D eigenvalue weighted by Gasteiger charge is -2.23. The average molecular weight is 249 g/mol. The highest BCUT2D eigenvalue weighted by molar-refractivity contribution is 6.02. The highest BCUT2D eigenvalue weighted by Crippen LogP contribution is 2.24. The van der Waals surface area contributed by atoms with Crippen LogP contribution in [0.3, 0.4) is 0 Å². The number of methoxy groups -OCH3 is 1. The maximum atomic E-state index is 12.4. The van der Waals surface area contributed by atoms with E-state index in [1.54, 1.807) is 7.11 Å². The van der Waals surface area contributed by atoms with Crippen molar-refractivity contribution in [3.63, 3.8) is 0 Å². The van der Waals surface area contributed by atoms with Crippen LogP contribution in [0.5, 0.6) is 5.75 Å². The largest absolute Gasteiger partial charge is 0.496 e. The summed E-state index contributed by atoms with van der Waals surface area (Å²) >= 11 is 0. The number of nitrogens with one attached hydrogen (secondary N) is 1. The number of ketones is 1. The molecule has 1 aliphatic rings.